The zero-order valence-corrected chi connectivity index (χ0v) is 14.8. The fourth-order valence-corrected chi connectivity index (χ4v) is 3.58. The number of benzene rings is 2. The highest BCUT2D eigenvalue weighted by Crippen LogP contribution is 2.30. The SMILES string of the molecule is CC(C)(C)c1ccc(CS(=O)Cc2cccc(C(F)(F)F)c2)cc1. The molecule has 0 saturated carbocycles. The molecule has 2 aromatic rings. The first-order chi connectivity index (χ1) is 11.1. The summed E-state index contributed by atoms with van der Waals surface area (Å²) in [6.07, 6.45) is -4.37. The van der Waals surface area contributed by atoms with E-state index >= 15 is 0 Å². The Hall–Kier alpha value is -1.62. The second-order valence-electron chi connectivity index (χ2n) is 6.87. The summed E-state index contributed by atoms with van der Waals surface area (Å²) in [5.41, 5.74) is 1.90. The number of rotatable bonds is 4. The van der Waals surface area contributed by atoms with Crippen LogP contribution in [-0.2, 0) is 33.9 Å². The molecule has 130 valence electrons. The molecule has 0 aliphatic carbocycles. The van der Waals surface area contributed by atoms with Crippen molar-refractivity contribution in [1.82, 2.24) is 0 Å². The molecule has 0 fully saturated rings. The monoisotopic (exact) mass is 354 g/mol. The molecule has 5 heteroatoms. The Bertz CT molecular complexity index is 713. The van der Waals surface area contributed by atoms with Gasteiger partial charge in [-0.15, -0.1) is 0 Å². The number of alkyl halides is 3. The fourth-order valence-electron chi connectivity index (χ4n) is 2.36. The van der Waals surface area contributed by atoms with Crippen molar-refractivity contribution in [3.63, 3.8) is 0 Å². The van der Waals surface area contributed by atoms with Crippen molar-refractivity contribution in [1.29, 1.82) is 0 Å². The maximum absolute atomic E-state index is 12.7. The van der Waals surface area contributed by atoms with Crippen molar-refractivity contribution in [2.45, 2.75) is 43.9 Å². The third kappa shape index (κ3) is 5.20. The summed E-state index contributed by atoms with van der Waals surface area (Å²) < 4.78 is 50.4. The Morgan fingerprint density at radius 1 is 0.833 bits per heavy atom. The summed E-state index contributed by atoms with van der Waals surface area (Å²) in [6.45, 7) is 6.36. The average Bonchev–Trinajstić information content (AvgIpc) is 2.46. The van der Waals surface area contributed by atoms with E-state index in [1.807, 2.05) is 24.3 Å². The summed E-state index contributed by atoms with van der Waals surface area (Å²) in [5, 5.41) is 0. The van der Waals surface area contributed by atoms with Crippen LogP contribution in [0, 0.1) is 0 Å². The van der Waals surface area contributed by atoms with Gasteiger partial charge in [0.05, 0.1) is 5.56 Å². The Labute approximate surface area is 143 Å². The van der Waals surface area contributed by atoms with E-state index in [-0.39, 0.29) is 11.2 Å². The second kappa shape index (κ2) is 7.09. The molecule has 0 spiro atoms. The van der Waals surface area contributed by atoms with Crippen molar-refractivity contribution in [3.8, 4) is 0 Å². The summed E-state index contributed by atoms with van der Waals surface area (Å²) in [6, 6.07) is 12.9. The minimum atomic E-state index is -4.37. The maximum Gasteiger partial charge on any atom is 0.416 e. The molecular weight excluding hydrogens is 333 g/mol. The highest BCUT2D eigenvalue weighted by atomic mass is 32.2. The highest BCUT2D eigenvalue weighted by Gasteiger charge is 2.30. The number of hydrogen-bond donors (Lipinski definition) is 0. The fraction of sp³-hybridized carbons (Fsp3) is 0.368. The molecule has 0 bridgehead atoms. The molecule has 2 aromatic carbocycles. The van der Waals surface area contributed by atoms with Crippen LogP contribution in [0.15, 0.2) is 48.5 Å². The van der Waals surface area contributed by atoms with Crippen molar-refractivity contribution >= 4 is 10.8 Å². The lowest BCUT2D eigenvalue weighted by molar-refractivity contribution is -0.137. The zero-order chi connectivity index (χ0) is 18.0. The standard InChI is InChI=1S/C19H21F3OS/c1-18(2,3)16-9-7-14(8-10-16)12-24(23)13-15-5-4-6-17(11-15)19(20,21)22/h4-11H,12-13H2,1-3H3. The van der Waals surface area contributed by atoms with Gasteiger partial charge in [0.25, 0.3) is 0 Å². The van der Waals surface area contributed by atoms with Crippen molar-refractivity contribution in [2.24, 2.45) is 0 Å². The van der Waals surface area contributed by atoms with Gasteiger partial charge in [0.1, 0.15) is 0 Å². The van der Waals surface area contributed by atoms with Crippen LogP contribution < -0.4 is 0 Å². The van der Waals surface area contributed by atoms with Crippen molar-refractivity contribution in [3.05, 3.63) is 70.8 Å². The smallest absolute Gasteiger partial charge is 0.259 e. The van der Waals surface area contributed by atoms with Gasteiger partial charge in [-0.25, -0.2) is 0 Å². The molecule has 24 heavy (non-hydrogen) atoms. The van der Waals surface area contributed by atoms with E-state index in [0.717, 1.165) is 17.7 Å². The molecule has 2 rings (SSSR count). The summed E-state index contributed by atoms with van der Waals surface area (Å²) in [4.78, 5) is 0. The Morgan fingerprint density at radius 3 is 1.96 bits per heavy atom. The molecule has 1 atom stereocenters. The number of halogens is 3. The molecule has 0 N–H and O–H groups in total. The van der Waals surface area contributed by atoms with Gasteiger partial charge in [-0.2, -0.15) is 13.2 Å². The molecular formula is C19H21F3OS. The molecule has 1 nitrogen and oxygen atoms in total. The van der Waals surface area contributed by atoms with E-state index in [0.29, 0.717) is 11.3 Å². The zero-order valence-electron chi connectivity index (χ0n) is 14.0. The third-order valence-corrected chi connectivity index (χ3v) is 5.04. The number of hydrogen-bond acceptors (Lipinski definition) is 1. The van der Waals surface area contributed by atoms with Gasteiger partial charge in [-0.1, -0.05) is 63.2 Å². The van der Waals surface area contributed by atoms with Crippen LogP contribution in [0.5, 0.6) is 0 Å². The van der Waals surface area contributed by atoms with Crippen LogP contribution in [0.25, 0.3) is 0 Å². The van der Waals surface area contributed by atoms with E-state index < -0.39 is 22.5 Å². The topological polar surface area (TPSA) is 17.1 Å². The quantitative estimate of drug-likeness (QED) is 0.713. The van der Waals surface area contributed by atoms with Gasteiger partial charge >= 0.3 is 6.18 Å². The Kier molecular flexibility index (Phi) is 5.53. The van der Waals surface area contributed by atoms with Crippen LogP contribution in [0.1, 0.15) is 43.0 Å². The lowest BCUT2D eigenvalue weighted by Gasteiger charge is -2.19. The van der Waals surface area contributed by atoms with E-state index in [2.05, 4.69) is 20.8 Å². The molecule has 0 aliphatic heterocycles. The van der Waals surface area contributed by atoms with E-state index in [1.54, 1.807) is 6.07 Å². The van der Waals surface area contributed by atoms with Crippen LogP contribution in [-0.4, -0.2) is 4.21 Å². The van der Waals surface area contributed by atoms with Crippen LogP contribution >= 0.6 is 0 Å². The van der Waals surface area contributed by atoms with Gasteiger partial charge in [0, 0.05) is 22.3 Å². The minimum absolute atomic E-state index is 0.0513. The van der Waals surface area contributed by atoms with Gasteiger partial charge in [-0.05, 0) is 28.2 Å². The summed E-state index contributed by atoms with van der Waals surface area (Å²) in [5.74, 6) is 0.450. The van der Waals surface area contributed by atoms with Crippen molar-refractivity contribution < 1.29 is 17.4 Å². The van der Waals surface area contributed by atoms with E-state index in [1.165, 1.54) is 11.6 Å². The van der Waals surface area contributed by atoms with Crippen LogP contribution in [0.4, 0.5) is 13.2 Å². The van der Waals surface area contributed by atoms with Crippen molar-refractivity contribution in [2.75, 3.05) is 0 Å². The first kappa shape index (κ1) is 18.7. The van der Waals surface area contributed by atoms with E-state index in [9.17, 15) is 17.4 Å². The second-order valence-corrected chi connectivity index (χ2v) is 8.33. The molecule has 0 aromatic heterocycles. The Balaban J connectivity index is 2.03. The van der Waals surface area contributed by atoms with Crippen LogP contribution in [0.3, 0.4) is 0 Å². The average molecular weight is 354 g/mol. The van der Waals surface area contributed by atoms with E-state index in [4.69, 9.17) is 0 Å². The van der Waals surface area contributed by atoms with Gasteiger partial charge in [0.2, 0.25) is 0 Å². The molecule has 0 saturated heterocycles. The molecule has 0 heterocycles. The van der Waals surface area contributed by atoms with Gasteiger partial charge < -0.3 is 0 Å². The highest BCUT2D eigenvalue weighted by molar-refractivity contribution is 7.83. The molecule has 0 amide bonds. The summed E-state index contributed by atoms with van der Waals surface area (Å²) in [7, 11) is -1.25. The summed E-state index contributed by atoms with van der Waals surface area (Å²) >= 11 is 0. The molecule has 0 aliphatic rings. The Morgan fingerprint density at radius 2 is 1.42 bits per heavy atom. The minimum Gasteiger partial charge on any atom is -0.259 e. The first-order valence-electron chi connectivity index (χ1n) is 7.66. The normalized spacial score (nSPS) is 13.8. The third-order valence-electron chi connectivity index (χ3n) is 3.73. The molecule has 1 unspecified atom stereocenters. The van der Waals surface area contributed by atoms with Gasteiger partial charge in [0.15, 0.2) is 0 Å². The maximum atomic E-state index is 12.7. The first-order valence-corrected chi connectivity index (χ1v) is 9.15. The van der Waals surface area contributed by atoms with Gasteiger partial charge in [-0.3, -0.25) is 4.21 Å². The predicted octanol–water partition coefficient (Wildman–Crippen LogP) is 5.45. The largest absolute Gasteiger partial charge is 0.416 e. The predicted molar refractivity (Wildman–Crippen MR) is 92.1 cm³/mol. The lowest BCUT2D eigenvalue weighted by atomic mass is 9.87. The van der Waals surface area contributed by atoms with Crippen LogP contribution in [0.2, 0.25) is 0 Å². The lowest BCUT2D eigenvalue weighted by Crippen LogP contribution is -2.11. The molecule has 0 radical (unpaired) electrons.